The number of phosphoric ester groups is 2. The molecule has 5 atom stereocenters. The van der Waals surface area contributed by atoms with Crippen LogP contribution in [0, 0.1) is 17.8 Å². The first kappa shape index (κ1) is 94.1. The van der Waals surface area contributed by atoms with E-state index >= 15 is 0 Å². The van der Waals surface area contributed by atoms with Crippen molar-refractivity contribution in [2.24, 2.45) is 17.8 Å². The summed E-state index contributed by atoms with van der Waals surface area (Å²) in [4.78, 5) is 72.9. The number of aliphatic hydroxyl groups excluding tert-OH is 1. The Balaban J connectivity index is 5.27. The van der Waals surface area contributed by atoms with Crippen LogP contribution in [0.1, 0.15) is 395 Å². The van der Waals surface area contributed by atoms with E-state index in [9.17, 15) is 43.2 Å². The number of hydrogen-bond acceptors (Lipinski definition) is 15. The maximum absolute atomic E-state index is 13.1. The van der Waals surface area contributed by atoms with Gasteiger partial charge in [0.1, 0.15) is 19.3 Å². The number of esters is 4. The van der Waals surface area contributed by atoms with Crippen LogP contribution in [0.5, 0.6) is 0 Å². The van der Waals surface area contributed by atoms with Crippen molar-refractivity contribution in [2.45, 2.75) is 414 Å². The average Bonchev–Trinajstić information content (AvgIpc) is 1.58. The standard InChI is InChI=1S/C77H150O17P2/c1-8-9-10-11-12-13-14-23-30-37-44-51-58-74(79)87-64-73(94-77(82)61-54-47-40-33-26-19-22-29-36-43-50-57-70(6)7)67-92-96(85,86)90-63-71(78)62-89-95(83,84)91-66-72(93-76(81)60-53-46-39-32-25-18-16-21-28-35-42-49-56-69(4)5)65-88-75(80)59-52-45-38-31-24-17-15-20-27-34-41-48-55-68(2)3/h68-73,78H,8-67H2,1-7H3,(H,83,84)(H,85,86)/t71-,72-,73-/m1/s1. The number of carbonyl (C=O) groups excluding carboxylic acids is 4. The van der Waals surface area contributed by atoms with Gasteiger partial charge in [0.25, 0.3) is 0 Å². The molecule has 0 bridgehead atoms. The zero-order chi connectivity index (χ0) is 70.9. The van der Waals surface area contributed by atoms with Gasteiger partial charge in [0.05, 0.1) is 26.4 Å². The van der Waals surface area contributed by atoms with Gasteiger partial charge < -0.3 is 33.8 Å². The third-order valence-corrected chi connectivity index (χ3v) is 19.8. The summed E-state index contributed by atoms with van der Waals surface area (Å²) >= 11 is 0. The molecule has 17 nitrogen and oxygen atoms in total. The van der Waals surface area contributed by atoms with E-state index in [0.29, 0.717) is 25.7 Å². The maximum Gasteiger partial charge on any atom is 0.472 e. The van der Waals surface area contributed by atoms with Gasteiger partial charge in [0.15, 0.2) is 12.2 Å². The van der Waals surface area contributed by atoms with E-state index in [4.69, 9.17) is 37.0 Å². The number of ether oxygens (including phenoxy) is 4. The van der Waals surface area contributed by atoms with Crippen molar-refractivity contribution in [1.29, 1.82) is 0 Å². The van der Waals surface area contributed by atoms with Crippen molar-refractivity contribution in [2.75, 3.05) is 39.6 Å². The van der Waals surface area contributed by atoms with Crippen molar-refractivity contribution in [3.8, 4) is 0 Å². The van der Waals surface area contributed by atoms with Gasteiger partial charge in [-0.15, -0.1) is 0 Å². The fourth-order valence-electron chi connectivity index (χ4n) is 11.8. The molecule has 0 aromatic heterocycles. The van der Waals surface area contributed by atoms with Gasteiger partial charge in [-0.3, -0.25) is 37.3 Å². The largest absolute Gasteiger partial charge is 0.472 e. The molecule has 0 fully saturated rings. The van der Waals surface area contributed by atoms with E-state index in [0.717, 1.165) is 108 Å². The van der Waals surface area contributed by atoms with E-state index in [1.807, 2.05) is 0 Å². The molecule has 0 heterocycles. The minimum atomic E-state index is -4.96. The Morgan fingerprint density at radius 3 is 0.708 bits per heavy atom. The summed E-state index contributed by atoms with van der Waals surface area (Å²) in [6, 6.07) is 0. The number of aliphatic hydroxyl groups is 1. The first-order valence-corrected chi connectivity index (χ1v) is 42.8. The van der Waals surface area contributed by atoms with Crippen molar-refractivity contribution < 1.29 is 80.2 Å². The monoisotopic (exact) mass is 1410 g/mol. The molecule has 2 unspecified atom stereocenters. The highest BCUT2D eigenvalue weighted by atomic mass is 31.2. The number of unbranched alkanes of at least 4 members (excludes halogenated alkanes) is 43. The molecular formula is C77H150O17P2. The Kier molecular flexibility index (Phi) is 66.2. The molecule has 0 rings (SSSR count). The highest BCUT2D eigenvalue weighted by Crippen LogP contribution is 2.45. The molecule has 0 radical (unpaired) electrons. The minimum absolute atomic E-state index is 0.107. The van der Waals surface area contributed by atoms with Crippen LogP contribution in [0.4, 0.5) is 0 Å². The third-order valence-electron chi connectivity index (χ3n) is 17.9. The second-order valence-corrected chi connectivity index (χ2v) is 32.1. The summed E-state index contributed by atoms with van der Waals surface area (Å²) in [5.41, 5.74) is 0. The first-order chi connectivity index (χ1) is 46.2. The lowest BCUT2D eigenvalue weighted by molar-refractivity contribution is -0.161. The Labute approximate surface area is 588 Å². The summed E-state index contributed by atoms with van der Waals surface area (Å²) in [7, 11) is -9.91. The van der Waals surface area contributed by atoms with E-state index < -0.39 is 97.5 Å². The number of carbonyl (C=O) groups is 4. The zero-order valence-electron chi connectivity index (χ0n) is 62.8. The van der Waals surface area contributed by atoms with E-state index in [2.05, 4.69) is 48.5 Å². The number of phosphoric acid groups is 2. The molecule has 0 spiro atoms. The molecule has 3 N–H and O–H groups in total. The molecule has 570 valence electrons. The first-order valence-electron chi connectivity index (χ1n) is 39.8. The lowest BCUT2D eigenvalue weighted by Crippen LogP contribution is -2.30. The van der Waals surface area contributed by atoms with Gasteiger partial charge in [-0.25, -0.2) is 9.13 Å². The minimum Gasteiger partial charge on any atom is -0.462 e. The van der Waals surface area contributed by atoms with E-state index in [1.165, 1.54) is 205 Å². The second-order valence-electron chi connectivity index (χ2n) is 29.2. The van der Waals surface area contributed by atoms with Gasteiger partial charge in [0, 0.05) is 25.7 Å². The van der Waals surface area contributed by atoms with Gasteiger partial charge >= 0.3 is 39.5 Å². The van der Waals surface area contributed by atoms with Gasteiger partial charge in [-0.05, 0) is 43.4 Å². The van der Waals surface area contributed by atoms with E-state index in [-0.39, 0.29) is 25.7 Å². The summed E-state index contributed by atoms with van der Waals surface area (Å²) in [6.45, 7) is 11.9. The Morgan fingerprint density at radius 2 is 0.479 bits per heavy atom. The third kappa shape index (κ3) is 70.5. The Hall–Kier alpha value is -1.94. The molecule has 0 aliphatic heterocycles. The van der Waals surface area contributed by atoms with Gasteiger partial charge in [0.2, 0.25) is 0 Å². The molecule has 0 aromatic carbocycles. The predicted molar refractivity (Wildman–Crippen MR) is 391 cm³/mol. The van der Waals surface area contributed by atoms with Crippen LogP contribution in [-0.2, 0) is 65.4 Å². The highest BCUT2D eigenvalue weighted by molar-refractivity contribution is 7.47. The molecule has 0 saturated carbocycles. The van der Waals surface area contributed by atoms with Crippen LogP contribution >= 0.6 is 15.6 Å². The Morgan fingerprint density at radius 1 is 0.281 bits per heavy atom. The topological polar surface area (TPSA) is 237 Å². The molecule has 0 amide bonds. The van der Waals surface area contributed by atoms with Crippen LogP contribution in [-0.4, -0.2) is 96.7 Å². The molecule has 0 aliphatic carbocycles. The van der Waals surface area contributed by atoms with Crippen molar-refractivity contribution in [3.05, 3.63) is 0 Å². The van der Waals surface area contributed by atoms with Crippen LogP contribution < -0.4 is 0 Å². The fourth-order valence-corrected chi connectivity index (χ4v) is 13.4. The van der Waals surface area contributed by atoms with Crippen molar-refractivity contribution >= 4 is 39.5 Å². The molecule has 0 aliphatic rings. The smallest absolute Gasteiger partial charge is 0.462 e. The maximum atomic E-state index is 13.1. The normalized spacial score (nSPS) is 14.1. The van der Waals surface area contributed by atoms with E-state index in [1.54, 1.807) is 0 Å². The lowest BCUT2D eigenvalue weighted by Gasteiger charge is -2.21. The van der Waals surface area contributed by atoms with Crippen molar-refractivity contribution in [1.82, 2.24) is 0 Å². The quantitative estimate of drug-likeness (QED) is 0.0222. The second kappa shape index (κ2) is 67.5. The average molecular weight is 1410 g/mol. The highest BCUT2D eigenvalue weighted by Gasteiger charge is 2.30. The molecular weight excluding hydrogens is 1260 g/mol. The van der Waals surface area contributed by atoms with Gasteiger partial charge in [-0.2, -0.15) is 0 Å². The lowest BCUT2D eigenvalue weighted by atomic mass is 10.0. The molecule has 19 heteroatoms. The van der Waals surface area contributed by atoms with Crippen LogP contribution in [0.3, 0.4) is 0 Å². The van der Waals surface area contributed by atoms with Crippen molar-refractivity contribution in [3.63, 3.8) is 0 Å². The fraction of sp³-hybridized carbons (Fsp3) is 0.948. The molecule has 96 heavy (non-hydrogen) atoms. The summed E-state index contributed by atoms with van der Waals surface area (Å²) < 4.78 is 68.6. The summed E-state index contributed by atoms with van der Waals surface area (Å²) in [6.07, 6.45) is 53.9. The number of hydrogen-bond donors (Lipinski definition) is 3. The van der Waals surface area contributed by atoms with Gasteiger partial charge in [-0.1, -0.05) is 344 Å². The van der Waals surface area contributed by atoms with Crippen LogP contribution in [0.2, 0.25) is 0 Å². The Bertz CT molecular complexity index is 1870. The predicted octanol–water partition coefficient (Wildman–Crippen LogP) is 22.6. The SMILES string of the molecule is CCCCCCCCCCCCCCC(=O)OC[C@H](COP(=O)(O)OC[C@H](O)COP(=O)(O)OC[C@@H](COC(=O)CCCCCCCCCCCCCCC(C)C)OC(=O)CCCCCCCCCCCCCCC(C)C)OC(=O)CCCCCCCCCCCCCC(C)C. The zero-order valence-corrected chi connectivity index (χ0v) is 64.6. The molecule has 0 saturated heterocycles. The number of rotatable bonds is 75. The summed E-state index contributed by atoms with van der Waals surface area (Å²) in [5, 5.41) is 10.6. The van der Waals surface area contributed by atoms with Crippen LogP contribution in [0.25, 0.3) is 0 Å². The summed E-state index contributed by atoms with van der Waals surface area (Å²) in [5.74, 6) is 0.210. The van der Waals surface area contributed by atoms with Crippen LogP contribution in [0.15, 0.2) is 0 Å². The molecule has 0 aromatic rings.